The molecule has 0 radical (unpaired) electrons. The van der Waals surface area contributed by atoms with Gasteiger partial charge in [0.2, 0.25) is 10.0 Å². The number of hydrogen-bond acceptors (Lipinski definition) is 5. The van der Waals surface area contributed by atoms with Gasteiger partial charge in [-0.25, -0.2) is 23.1 Å². The van der Waals surface area contributed by atoms with Crippen LogP contribution >= 0.6 is 0 Å². The topological polar surface area (TPSA) is 75.2 Å². The molecular formula is C19H20N4O2S. The van der Waals surface area contributed by atoms with Crippen molar-refractivity contribution < 1.29 is 8.42 Å². The average Bonchev–Trinajstić information content (AvgIpc) is 3.21. The van der Waals surface area contributed by atoms with Crippen molar-refractivity contribution in [3.63, 3.8) is 0 Å². The number of hydrogen-bond donors (Lipinski definition) is 1. The first-order chi connectivity index (χ1) is 12.6. The highest BCUT2D eigenvalue weighted by atomic mass is 32.2. The number of aromatic nitrogens is 2. The Morgan fingerprint density at radius 3 is 2.62 bits per heavy atom. The fourth-order valence-electron chi connectivity index (χ4n) is 3.26. The van der Waals surface area contributed by atoms with Gasteiger partial charge in [-0.3, -0.25) is 0 Å². The molecule has 1 aliphatic heterocycles. The van der Waals surface area contributed by atoms with E-state index in [0.717, 1.165) is 37.1 Å². The quantitative estimate of drug-likeness (QED) is 0.749. The van der Waals surface area contributed by atoms with E-state index in [9.17, 15) is 8.42 Å². The van der Waals surface area contributed by atoms with Crippen LogP contribution in [0.15, 0.2) is 59.6 Å². The summed E-state index contributed by atoms with van der Waals surface area (Å²) in [6, 6.07) is 14.6. The second-order valence-corrected chi connectivity index (χ2v) is 8.06. The monoisotopic (exact) mass is 368 g/mol. The molecule has 6 nitrogen and oxygen atoms in total. The third-order valence-corrected chi connectivity index (χ3v) is 6.04. The number of fused-ring (bicyclic) bond motifs is 1. The molecule has 0 atom stereocenters. The second-order valence-electron chi connectivity index (χ2n) is 6.33. The molecule has 4 rings (SSSR count). The molecule has 2 heterocycles. The van der Waals surface area contributed by atoms with Crippen molar-refractivity contribution in [2.45, 2.75) is 24.3 Å². The van der Waals surface area contributed by atoms with Crippen molar-refractivity contribution in [1.29, 1.82) is 0 Å². The molecule has 1 fully saturated rings. The van der Waals surface area contributed by atoms with E-state index in [2.05, 4.69) is 19.6 Å². The molecule has 1 N–H and O–H groups in total. The lowest BCUT2D eigenvalue weighted by atomic mass is 10.1. The van der Waals surface area contributed by atoms with Gasteiger partial charge in [0, 0.05) is 24.7 Å². The number of nitrogens with zero attached hydrogens (tertiary/aromatic N) is 3. The standard InChI is InChI=1S/C19H20N4O2S/c24-26(25,17-9-5-7-15-6-1-2-8-16(15)17)21-14-18-20-11-10-19(22-18)23-12-3-4-13-23/h1-2,5-11,21H,3-4,12-14H2. The van der Waals surface area contributed by atoms with E-state index in [1.54, 1.807) is 18.3 Å². The molecule has 3 aromatic rings. The van der Waals surface area contributed by atoms with Gasteiger partial charge in [0.05, 0.1) is 11.4 Å². The summed E-state index contributed by atoms with van der Waals surface area (Å²) in [5.74, 6) is 1.33. The average molecular weight is 368 g/mol. The van der Waals surface area contributed by atoms with Crippen LogP contribution in [0.3, 0.4) is 0 Å². The molecule has 1 aromatic heterocycles. The maximum atomic E-state index is 12.8. The van der Waals surface area contributed by atoms with Crippen LogP contribution in [-0.4, -0.2) is 31.5 Å². The lowest BCUT2D eigenvalue weighted by Gasteiger charge is -2.16. The molecule has 0 unspecified atom stereocenters. The molecule has 0 bridgehead atoms. The van der Waals surface area contributed by atoms with Gasteiger partial charge in [0.1, 0.15) is 11.6 Å². The Labute approximate surface area is 152 Å². The second kappa shape index (κ2) is 7.01. The molecule has 7 heteroatoms. The van der Waals surface area contributed by atoms with Gasteiger partial charge in [0.15, 0.2) is 0 Å². The molecule has 134 valence electrons. The summed E-state index contributed by atoms with van der Waals surface area (Å²) in [6.45, 7) is 2.03. The highest BCUT2D eigenvalue weighted by Gasteiger charge is 2.18. The Morgan fingerprint density at radius 2 is 1.77 bits per heavy atom. The van der Waals surface area contributed by atoms with Crippen molar-refractivity contribution >= 4 is 26.6 Å². The fraction of sp³-hybridized carbons (Fsp3) is 0.263. The molecule has 0 aliphatic carbocycles. The van der Waals surface area contributed by atoms with Crippen molar-refractivity contribution in [2.75, 3.05) is 18.0 Å². The maximum Gasteiger partial charge on any atom is 0.241 e. The molecular weight excluding hydrogens is 348 g/mol. The fourth-order valence-corrected chi connectivity index (χ4v) is 4.47. The predicted molar refractivity (Wildman–Crippen MR) is 101 cm³/mol. The van der Waals surface area contributed by atoms with Crippen LogP contribution in [0.5, 0.6) is 0 Å². The first kappa shape index (κ1) is 16.9. The Morgan fingerprint density at radius 1 is 1.00 bits per heavy atom. The Bertz CT molecular complexity index is 1030. The Hall–Kier alpha value is -2.51. The molecule has 26 heavy (non-hydrogen) atoms. The summed E-state index contributed by atoms with van der Waals surface area (Å²) >= 11 is 0. The van der Waals surface area contributed by atoms with Crippen molar-refractivity contribution in [3.05, 3.63) is 60.6 Å². The van der Waals surface area contributed by atoms with E-state index in [1.807, 2.05) is 36.4 Å². The summed E-state index contributed by atoms with van der Waals surface area (Å²) in [5.41, 5.74) is 0. The normalized spacial score (nSPS) is 14.8. The van der Waals surface area contributed by atoms with Crippen LogP contribution in [0.25, 0.3) is 10.8 Å². The Kier molecular flexibility index (Phi) is 4.57. The SMILES string of the molecule is O=S(=O)(NCc1nccc(N2CCCC2)n1)c1cccc2ccccc12. The first-order valence-corrected chi connectivity index (χ1v) is 10.2. The van der Waals surface area contributed by atoms with Crippen LogP contribution in [0.1, 0.15) is 18.7 Å². The van der Waals surface area contributed by atoms with Gasteiger partial charge in [-0.1, -0.05) is 36.4 Å². The van der Waals surface area contributed by atoms with Crippen LogP contribution in [0.2, 0.25) is 0 Å². The van der Waals surface area contributed by atoms with E-state index in [1.165, 1.54) is 0 Å². The maximum absolute atomic E-state index is 12.8. The predicted octanol–water partition coefficient (Wildman–Crippen LogP) is 2.71. The number of nitrogens with one attached hydrogen (secondary N) is 1. The molecule has 1 aliphatic rings. The molecule has 0 amide bonds. The number of anilines is 1. The Balaban J connectivity index is 1.56. The van der Waals surface area contributed by atoms with Crippen LogP contribution in [-0.2, 0) is 16.6 Å². The van der Waals surface area contributed by atoms with Crippen molar-refractivity contribution in [1.82, 2.24) is 14.7 Å². The zero-order chi connectivity index (χ0) is 18.0. The third kappa shape index (κ3) is 3.40. The molecule has 0 saturated carbocycles. The highest BCUT2D eigenvalue weighted by Crippen LogP contribution is 2.23. The smallest absolute Gasteiger partial charge is 0.241 e. The van der Waals surface area contributed by atoms with Gasteiger partial charge in [-0.15, -0.1) is 0 Å². The van der Waals surface area contributed by atoms with Gasteiger partial charge in [-0.05, 0) is 30.4 Å². The van der Waals surface area contributed by atoms with Crippen molar-refractivity contribution in [3.8, 4) is 0 Å². The zero-order valence-electron chi connectivity index (χ0n) is 14.3. The number of sulfonamides is 1. The van der Waals surface area contributed by atoms with Gasteiger partial charge < -0.3 is 4.90 Å². The lowest BCUT2D eigenvalue weighted by molar-refractivity contribution is 0.580. The summed E-state index contributed by atoms with van der Waals surface area (Å²) < 4.78 is 28.2. The van der Waals surface area contributed by atoms with E-state index >= 15 is 0 Å². The van der Waals surface area contributed by atoms with Crippen LogP contribution in [0.4, 0.5) is 5.82 Å². The largest absolute Gasteiger partial charge is 0.357 e. The van der Waals surface area contributed by atoms with E-state index < -0.39 is 10.0 Å². The zero-order valence-corrected chi connectivity index (χ0v) is 15.1. The van der Waals surface area contributed by atoms with Crippen molar-refractivity contribution in [2.24, 2.45) is 0 Å². The molecule has 0 spiro atoms. The van der Waals surface area contributed by atoms with Gasteiger partial charge in [0.25, 0.3) is 0 Å². The van der Waals surface area contributed by atoms with E-state index in [4.69, 9.17) is 0 Å². The molecule has 2 aromatic carbocycles. The van der Waals surface area contributed by atoms with Crippen LogP contribution in [0, 0.1) is 0 Å². The minimum absolute atomic E-state index is 0.0627. The third-order valence-electron chi connectivity index (χ3n) is 4.58. The first-order valence-electron chi connectivity index (χ1n) is 8.68. The van der Waals surface area contributed by atoms with E-state index in [-0.39, 0.29) is 11.4 Å². The lowest BCUT2D eigenvalue weighted by Crippen LogP contribution is -2.25. The number of rotatable bonds is 5. The van der Waals surface area contributed by atoms with Crippen LogP contribution < -0.4 is 9.62 Å². The summed E-state index contributed by atoms with van der Waals surface area (Å²) in [6.07, 6.45) is 4.00. The summed E-state index contributed by atoms with van der Waals surface area (Å²) in [4.78, 5) is 11.2. The minimum Gasteiger partial charge on any atom is -0.357 e. The highest BCUT2D eigenvalue weighted by molar-refractivity contribution is 7.89. The molecule has 1 saturated heterocycles. The van der Waals surface area contributed by atoms with Gasteiger partial charge >= 0.3 is 0 Å². The van der Waals surface area contributed by atoms with Gasteiger partial charge in [-0.2, -0.15) is 0 Å². The summed E-state index contributed by atoms with van der Waals surface area (Å²) in [5, 5.41) is 1.59. The minimum atomic E-state index is -3.66. The summed E-state index contributed by atoms with van der Waals surface area (Å²) in [7, 11) is -3.66. The number of benzene rings is 2. The van der Waals surface area contributed by atoms with E-state index in [0.29, 0.717) is 11.2 Å².